The highest BCUT2D eigenvalue weighted by molar-refractivity contribution is 7.89. The molecule has 0 saturated carbocycles. The van der Waals surface area contributed by atoms with E-state index in [9.17, 15) is 8.42 Å². The average Bonchev–Trinajstić information content (AvgIpc) is 3.27. The fourth-order valence-corrected chi connectivity index (χ4v) is 4.79. The monoisotopic (exact) mass is 393 g/mol. The first-order valence-corrected chi connectivity index (χ1v) is 10.5. The van der Waals surface area contributed by atoms with Gasteiger partial charge in [-0.25, -0.2) is 8.42 Å². The zero-order chi connectivity index (χ0) is 19.2. The van der Waals surface area contributed by atoms with E-state index >= 15 is 0 Å². The molecule has 1 saturated heterocycles. The van der Waals surface area contributed by atoms with Crippen molar-refractivity contribution < 1.29 is 22.3 Å². The Morgan fingerprint density at radius 3 is 2.81 bits per heavy atom. The van der Waals surface area contributed by atoms with Gasteiger partial charge in [-0.05, 0) is 30.7 Å². The van der Waals surface area contributed by atoms with Crippen LogP contribution in [0.4, 0.5) is 0 Å². The third-order valence-electron chi connectivity index (χ3n) is 4.76. The van der Waals surface area contributed by atoms with Gasteiger partial charge in [0.25, 0.3) is 0 Å². The van der Waals surface area contributed by atoms with Crippen molar-refractivity contribution >= 4 is 10.0 Å². The molecule has 0 amide bonds. The summed E-state index contributed by atoms with van der Waals surface area (Å²) in [6.45, 7) is 6.58. The predicted octanol–water partition coefficient (Wildman–Crippen LogP) is 2.28. The van der Waals surface area contributed by atoms with E-state index in [1.165, 1.54) is 4.31 Å². The van der Waals surface area contributed by atoms with Gasteiger partial charge in [0, 0.05) is 25.4 Å². The van der Waals surface area contributed by atoms with Crippen molar-refractivity contribution in [2.45, 2.75) is 50.2 Å². The van der Waals surface area contributed by atoms with Gasteiger partial charge >= 0.3 is 0 Å². The summed E-state index contributed by atoms with van der Waals surface area (Å²) in [5.74, 6) is 1.69. The topological polar surface area (TPSA) is 94.8 Å². The molecule has 0 unspecified atom stereocenters. The standard InChI is InChI=1S/C18H23N3O5S/c1-11(2)17-19-20-18(26-17)16-10-21(6-7-24-16)27(22,23)14-4-5-15-13(9-14)8-12(3)25-15/h4-5,9,11-12,16H,6-8,10H2,1-3H3/t12-,16-/m0/s1. The summed E-state index contributed by atoms with van der Waals surface area (Å²) in [6, 6.07) is 5.04. The Morgan fingerprint density at radius 1 is 1.26 bits per heavy atom. The number of rotatable bonds is 4. The van der Waals surface area contributed by atoms with Gasteiger partial charge in [0.2, 0.25) is 21.8 Å². The summed E-state index contributed by atoms with van der Waals surface area (Å²) in [5, 5.41) is 8.03. The van der Waals surface area contributed by atoms with Crippen molar-refractivity contribution in [2.24, 2.45) is 0 Å². The van der Waals surface area contributed by atoms with Crippen molar-refractivity contribution in [3.8, 4) is 5.75 Å². The molecule has 0 bridgehead atoms. The van der Waals surface area contributed by atoms with Crippen LogP contribution in [0.1, 0.15) is 50.1 Å². The first-order chi connectivity index (χ1) is 12.8. The van der Waals surface area contributed by atoms with Crippen molar-refractivity contribution in [2.75, 3.05) is 19.7 Å². The molecule has 27 heavy (non-hydrogen) atoms. The van der Waals surface area contributed by atoms with E-state index in [4.69, 9.17) is 13.9 Å². The van der Waals surface area contributed by atoms with E-state index in [0.717, 1.165) is 11.3 Å². The molecule has 0 aliphatic carbocycles. The van der Waals surface area contributed by atoms with Gasteiger partial charge in [-0.2, -0.15) is 4.31 Å². The van der Waals surface area contributed by atoms with Crippen LogP contribution < -0.4 is 4.74 Å². The van der Waals surface area contributed by atoms with Gasteiger partial charge in [0.05, 0.1) is 11.5 Å². The van der Waals surface area contributed by atoms with E-state index < -0.39 is 16.1 Å². The lowest BCUT2D eigenvalue weighted by Gasteiger charge is -2.30. The SMILES string of the molecule is CC(C)c1nnc([C@@H]2CN(S(=O)(=O)c3ccc4c(c3)C[C@H](C)O4)CCO2)o1. The molecule has 3 heterocycles. The molecular weight excluding hydrogens is 370 g/mol. The maximum absolute atomic E-state index is 13.1. The maximum atomic E-state index is 13.1. The average molecular weight is 393 g/mol. The minimum Gasteiger partial charge on any atom is -0.490 e. The van der Waals surface area contributed by atoms with Gasteiger partial charge < -0.3 is 13.9 Å². The van der Waals surface area contributed by atoms with Crippen LogP contribution in [0.5, 0.6) is 5.75 Å². The molecule has 1 aromatic carbocycles. The number of benzene rings is 1. The van der Waals surface area contributed by atoms with Crippen LogP contribution in [0.3, 0.4) is 0 Å². The summed E-state index contributed by atoms with van der Waals surface area (Å²) in [7, 11) is -3.64. The van der Waals surface area contributed by atoms with Gasteiger partial charge in [0.1, 0.15) is 18.0 Å². The minimum absolute atomic E-state index is 0.0680. The zero-order valence-electron chi connectivity index (χ0n) is 15.6. The van der Waals surface area contributed by atoms with Crippen LogP contribution in [-0.2, 0) is 21.2 Å². The largest absolute Gasteiger partial charge is 0.490 e. The third-order valence-corrected chi connectivity index (χ3v) is 6.62. The molecule has 146 valence electrons. The summed E-state index contributed by atoms with van der Waals surface area (Å²) in [5.41, 5.74) is 0.923. The molecule has 8 nitrogen and oxygen atoms in total. The minimum atomic E-state index is -3.64. The summed E-state index contributed by atoms with van der Waals surface area (Å²) in [6.07, 6.45) is 0.217. The molecule has 2 aliphatic heterocycles. The molecule has 9 heteroatoms. The van der Waals surface area contributed by atoms with E-state index in [2.05, 4.69) is 10.2 Å². The normalized spacial score (nSPS) is 23.4. The van der Waals surface area contributed by atoms with E-state index in [1.54, 1.807) is 18.2 Å². The first-order valence-electron chi connectivity index (χ1n) is 9.09. The number of ether oxygens (including phenoxy) is 2. The molecule has 0 radical (unpaired) electrons. The van der Waals surface area contributed by atoms with Gasteiger partial charge in [-0.1, -0.05) is 13.8 Å². The third kappa shape index (κ3) is 3.46. The Bertz CT molecular complexity index is 940. The molecule has 4 rings (SSSR count). The number of morpholine rings is 1. The highest BCUT2D eigenvalue weighted by Crippen LogP contribution is 2.33. The molecule has 0 N–H and O–H groups in total. The van der Waals surface area contributed by atoms with Gasteiger partial charge in [-0.15, -0.1) is 10.2 Å². The van der Waals surface area contributed by atoms with E-state index in [0.29, 0.717) is 18.2 Å². The zero-order valence-corrected chi connectivity index (χ0v) is 16.4. The predicted molar refractivity (Wildman–Crippen MR) is 96.1 cm³/mol. The number of hydrogen-bond acceptors (Lipinski definition) is 7. The summed E-state index contributed by atoms with van der Waals surface area (Å²) >= 11 is 0. The van der Waals surface area contributed by atoms with Crippen LogP contribution in [0.15, 0.2) is 27.5 Å². The Hall–Kier alpha value is -1.97. The van der Waals surface area contributed by atoms with Crippen LogP contribution in [0.2, 0.25) is 0 Å². The molecule has 1 fully saturated rings. The van der Waals surface area contributed by atoms with Crippen LogP contribution in [0, 0.1) is 0 Å². The second-order valence-corrected chi connectivity index (χ2v) is 9.20. The van der Waals surface area contributed by atoms with Crippen molar-refractivity contribution in [3.05, 3.63) is 35.5 Å². The first kappa shape index (κ1) is 18.4. The highest BCUT2D eigenvalue weighted by Gasteiger charge is 2.35. The van der Waals surface area contributed by atoms with E-state index in [-0.39, 0.29) is 36.6 Å². The van der Waals surface area contributed by atoms with Crippen molar-refractivity contribution in [1.82, 2.24) is 14.5 Å². The van der Waals surface area contributed by atoms with Crippen LogP contribution in [0.25, 0.3) is 0 Å². The molecule has 2 aromatic rings. The molecule has 2 atom stereocenters. The summed E-state index contributed by atoms with van der Waals surface area (Å²) < 4.78 is 44.6. The fourth-order valence-electron chi connectivity index (χ4n) is 3.31. The number of fused-ring (bicyclic) bond motifs is 1. The lowest BCUT2D eigenvalue weighted by atomic mass is 10.1. The number of hydrogen-bond donors (Lipinski definition) is 0. The van der Waals surface area contributed by atoms with Crippen molar-refractivity contribution in [1.29, 1.82) is 0 Å². The van der Waals surface area contributed by atoms with Crippen LogP contribution >= 0.6 is 0 Å². The number of aromatic nitrogens is 2. The molecule has 2 aliphatic rings. The van der Waals surface area contributed by atoms with E-state index in [1.807, 2.05) is 20.8 Å². The fraction of sp³-hybridized carbons (Fsp3) is 0.556. The van der Waals surface area contributed by atoms with Crippen LogP contribution in [-0.4, -0.2) is 48.7 Å². The van der Waals surface area contributed by atoms with Gasteiger partial charge in [-0.3, -0.25) is 0 Å². The Kier molecular flexibility index (Phi) is 4.69. The van der Waals surface area contributed by atoms with Gasteiger partial charge in [0.15, 0.2) is 0 Å². The molecule has 1 aromatic heterocycles. The number of nitrogens with zero attached hydrogens (tertiary/aromatic N) is 3. The molecular formula is C18H23N3O5S. The second-order valence-electron chi connectivity index (χ2n) is 7.26. The number of sulfonamides is 1. The Balaban J connectivity index is 1.56. The quantitative estimate of drug-likeness (QED) is 0.786. The Labute approximate surface area is 158 Å². The smallest absolute Gasteiger partial charge is 0.246 e. The van der Waals surface area contributed by atoms with Crippen molar-refractivity contribution in [3.63, 3.8) is 0 Å². The molecule has 0 spiro atoms. The Morgan fingerprint density at radius 2 is 2.07 bits per heavy atom. The second kappa shape index (κ2) is 6.88. The lowest BCUT2D eigenvalue weighted by Crippen LogP contribution is -2.42. The summed E-state index contributed by atoms with van der Waals surface area (Å²) in [4.78, 5) is 0.271. The lowest BCUT2D eigenvalue weighted by molar-refractivity contribution is -0.0179. The highest BCUT2D eigenvalue weighted by atomic mass is 32.2. The maximum Gasteiger partial charge on any atom is 0.246 e.